The number of nitrogens with zero attached hydrogens (tertiary/aromatic N) is 2. The van der Waals surface area contributed by atoms with E-state index in [1.165, 1.54) is 30.4 Å². The number of hydrogen-bond donors (Lipinski definition) is 2. The molecule has 0 aliphatic carbocycles. The molecule has 1 aromatic carbocycles. The fraction of sp³-hybridized carbons (Fsp3) is 0.444. The number of rotatable bonds is 7. The van der Waals surface area contributed by atoms with E-state index in [2.05, 4.69) is 10.5 Å². The van der Waals surface area contributed by atoms with E-state index in [0.717, 1.165) is 0 Å². The number of hydrogen-bond acceptors (Lipinski definition) is 6. The molecule has 140 valence electrons. The van der Waals surface area contributed by atoms with Crippen LogP contribution < -0.4 is 10.1 Å². The van der Waals surface area contributed by atoms with E-state index in [1.807, 2.05) is 0 Å². The van der Waals surface area contributed by atoms with Crippen LogP contribution in [-0.4, -0.2) is 46.9 Å². The van der Waals surface area contributed by atoms with Crippen LogP contribution in [0.25, 0.3) is 0 Å². The molecule has 8 heteroatoms. The van der Waals surface area contributed by atoms with Gasteiger partial charge in [0.2, 0.25) is 0 Å². The largest absolute Gasteiger partial charge is 0.497 e. The van der Waals surface area contributed by atoms with Gasteiger partial charge in [-0.05, 0) is 31.0 Å². The number of halogens is 1. The molecule has 1 amide bonds. The van der Waals surface area contributed by atoms with Gasteiger partial charge in [-0.3, -0.25) is 4.79 Å². The summed E-state index contributed by atoms with van der Waals surface area (Å²) >= 11 is 0. The van der Waals surface area contributed by atoms with E-state index in [-0.39, 0.29) is 13.1 Å². The summed E-state index contributed by atoms with van der Waals surface area (Å²) in [6, 6.07) is 6.12. The lowest BCUT2D eigenvalue weighted by Crippen LogP contribution is -2.57. The monoisotopic (exact) mass is 363 g/mol. The van der Waals surface area contributed by atoms with Crippen molar-refractivity contribution in [2.45, 2.75) is 31.5 Å². The average molecular weight is 363 g/mol. The van der Waals surface area contributed by atoms with Gasteiger partial charge < -0.3 is 24.6 Å². The number of carbonyl (C=O) groups excluding carboxylic acids is 1. The van der Waals surface area contributed by atoms with Crippen molar-refractivity contribution in [2.75, 3.05) is 20.2 Å². The topological polar surface area (TPSA) is 87.8 Å². The van der Waals surface area contributed by atoms with Crippen LogP contribution in [0.3, 0.4) is 0 Å². The lowest BCUT2D eigenvalue weighted by atomic mass is 9.91. The van der Waals surface area contributed by atoms with Crippen LogP contribution in [0.5, 0.6) is 5.75 Å². The van der Waals surface area contributed by atoms with Gasteiger partial charge in [-0.25, -0.2) is 4.39 Å². The Kier molecular flexibility index (Phi) is 5.53. The molecule has 1 aliphatic rings. The molecule has 1 aromatic heterocycles. The third-order valence-corrected chi connectivity index (χ3v) is 4.53. The normalized spacial score (nSPS) is 20.4. The van der Waals surface area contributed by atoms with Crippen molar-refractivity contribution in [2.24, 2.45) is 0 Å². The molecule has 3 rings (SSSR count). The highest BCUT2D eigenvalue weighted by Crippen LogP contribution is 2.25. The zero-order valence-electron chi connectivity index (χ0n) is 14.6. The lowest BCUT2D eigenvalue weighted by molar-refractivity contribution is -0.157. The maximum Gasteiger partial charge on any atom is 0.256 e. The predicted molar refractivity (Wildman–Crippen MR) is 90.8 cm³/mol. The zero-order chi connectivity index (χ0) is 18.6. The molecule has 1 fully saturated rings. The minimum atomic E-state index is -1.52. The second kappa shape index (κ2) is 7.84. The molecule has 2 heterocycles. The van der Waals surface area contributed by atoms with Crippen molar-refractivity contribution < 1.29 is 23.6 Å². The van der Waals surface area contributed by atoms with Gasteiger partial charge >= 0.3 is 0 Å². The van der Waals surface area contributed by atoms with Crippen molar-refractivity contribution in [3.8, 4) is 5.75 Å². The smallest absolute Gasteiger partial charge is 0.256 e. The van der Waals surface area contributed by atoms with E-state index < -0.39 is 17.3 Å². The van der Waals surface area contributed by atoms with Crippen LogP contribution in [0.2, 0.25) is 0 Å². The third kappa shape index (κ3) is 4.03. The van der Waals surface area contributed by atoms with Crippen LogP contribution in [-0.2, 0) is 17.9 Å². The molecule has 1 saturated heterocycles. The number of amides is 1. The first-order valence-electron chi connectivity index (χ1n) is 8.46. The maximum absolute atomic E-state index is 14.1. The molecule has 7 nitrogen and oxygen atoms in total. The summed E-state index contributed by atoms with van der Waals surface area (Å²) < 4.78 is 23.9. The third-order valence-electron chi connectivity index (χ3n) is 4.53. The van der Waals surface area contributed by atoms with Gasteiger partial charge in [0.15, 0.2) is 5.60 Å². The highest BCUT2D eigenvalue weighted by molar-refractivity contribution is 5.86. The molecule has 2 N–H and O–H groups in total. The summed E-state index contributed by atoms with van der Waals surface area (Å²) in [5.41, 5.74) is -0.471. The molecular weight excluding hydrogens is 341 g/mol. The Morgan fingerprint density at radius 2 is 2.31 bits per heavy atom. The molecule has 2 aromatic rings. The van der Waals surface area contributed by atoms with E-state index in [0.29, 0.717) is 42.9 Å². The first-order valence-corrected chi connectivity index (χ1v) is 8.46. The minimum absolute atomic E-state index is 0.0907. The Balaban J connectivity index is 1.65. The van der Waals surface area contributed by atoms with Gasteiger partial charge in [-0.2, -0.15) is 0 Å². The molecule has 0 bridgehead atoms. The van der Waals surface area contributed by atoms with E-state index in [9.17, 15) is 14.3 Å². The fourth-order valence-corrected chi connectivity index (χ4v) is 3.11. The Morgan fingerprint density at radius 3 is 3.04 bits per heavy atom. The number of carbonyl (C=O) groups is 1. The van der Waals surface area contributed by atoms with Gasteiger partial charge in [0, 0.05) is 37.8 Å². The summed E-state index contributed by atoms with van der Waals surface area (Å²) in [5.74, 6) is -0.286. The van der Waals surface area contributed by atoms with E-state index >= 15 is 0 Å². The number of benzene rings is 1. The van der Waals surface area contributed by atoms with Crippen molar-refractivity contribution in [1.29, 1.82) is 0 Å². The number of aromatic nitrogens is 1. The van der Waals surface area contributed by atoms with Gasteiger partial charge in [-0.15, -0.1) is 0 Å². The molecule has 26 heavy (non-hydrogen) atoms. The van der Waals surface area contributed by atoms with E-state index in [1.54, 1.807) is 12.1 Å². The SMILES string of the molecule is COc1ccc(F)c(CN2CCC[C@@](O)(CNCc3ccon3)C2=O)c1. The first kappa shape index (κ1) is 18.3. The number of methoxy groups -OCH3 is 1. The first-order chi connectivity index (χ1) is 12.5. The summed E-state index contributed by atoms with van der Waals surface area (Å²) in [7, 11) is 1.50. The number of aliphatic hydroxyl groups is 1. The number of piperidine rings is 1. The van der Waals surface area contributed by atoms with Gasteiger partial charge in [-0.1, -0.05) is 5.16 Å². The molecule has 0 radical (unpaired) electrons. The quantitative estimate of drug-likeness (QED) is 0.775. The number of likely N-dealkylation sites (tertiary alicyclic amines) is 1. The molecule has 1 atom stereocenters. The molecule has 0 unspecified atom stereocenters. The van der Waals surface area contributed by atoms with Crippen LogP contribution in [0.4, 0.5) is 4.39 Å². The fourth-order valence-electron chi connectivity index (χ4n) is 3.11. The predicted octanol–water partition coefficient (Wildman–Crippen LogP) is 1.47. The van der Waals surface area contributed by atoms with Crippen LogP contribution in [0, 0.1) is 5.82 Å². The lowest BCUT2D eigenvalue weighted by Gasteiger charge is -2.38. The summed E-state index contributed by atoms with van der Waals surface area (Å²) in [6.45, 7) is 1.04. The highest BCUT2D eigenvalue weighted by Gasteiger charge is 2.41. The molecule has 0 saturated carbocycles. The van der Waals surface area contributed by atoms with Crippen molar-refractivity contribution in [1.82, 2.24) is 15.4 Å². The van der Waals surface area contributed by atoms with Crippen LogP contribution >= 0.6 is 0 Å². The minimum Gasteiger partial charge on any atom is -0.497 e. The Bertz CT molecular complexity index is 753. The van der Waals surface area contributed by atoms with Gasteiger partial charge in [0.1, 0.15) is 17.8 Å². The van der Waals surface area contributed by atoms with Crippen molar-refractivity contribution >= 4 is 5.91 Å². The molecule has 0 spiro atoms. The molecule has 1 aliphatic heterocycles. The van der Waals surface area contributed by atoms with Crippen LogP contribution in [0.1, 0.15) is 24.1 Å². The second-order valence-corrected chi connectivity index (χ2v) is 6.41. The number of ether oxygens (including phenoxy) is 1. The second-order valence-electron chi connectivity index (χ2n) is 6.41. The Morgan fingerprint density at radius 1 is 1.46 bits per heavy atom. The number of nitrogens with one attached hydrogen (secondary N) is 1. The zero-order valence-corrected chi connectivity index (χ0v) is 14.6. The summed E-state index contributed by atoms with van der Waals surface area (Å²) in [6.07, 6.45) is 2.45. The van der Waals surface area contributed by atoms with Crippen LogP contribution in [0.15, 0.2) is 35.1 Å². The average Bonchev–Trinajstić information content (AvgIpc) is 3.14. The Labute approximate surface area is 150 Å². The van der Waals surface area contributed by atoms with E-state index in [4.69, 9.17) is 9.26 Å². The maximum atomic E-state index is 14.1. The standard InChI is InChI=1S/C18H22FN3O4/c1-25-15-3-4-16(19)13(9-15)11-22-7-2-6-18(24,17(22)23)12-20-10-14-5-8-26-21-14/h3-5,8-9,20,24H,2,6-7,10-12H2,1H3/t18-/m1/s1. The van der Waals surface area contributed by atoms with Crippen molar-refractivity contribution in [3.05, 3.63) is 47.6 Å². The van der Waals surface area contributed by atoms with Gasteiger partial charge in [0.25, 0.3) is 5.91 Å². The van der Waals surface area contributed by atoms with Gasteiger partial charge in [0.05, 0.1) is 12.8 Å². The summed E-state index contributed by atoms with van der Waals surface area (Å²) in [5, 5.41) is 17.6. The van der Waals surface area contributed by atoms with Crippen molar-refractivity contribution in [3.63, 3.8) is 0 Å². The molecular formula is C18H22FN3O4. The highest BCUT2D eigenvalue weighted by atomic mass is 19.1. The summed E-state index contributed by atoms with van der Waals surface area (Å²) in [4.78, 5) is 14.2. The Hall–Kier alpha value is -2.45.